The summed E-state index contributed by atoms with van der Waals surface area (Å²) in [5.74, 6) is -2.43. The Morgan fingerprint density at radius 3 is 2.22 bits per heavy atom. The van der Waals surface area contributed by atoms with Gasteiger partial charge >= 0.3 is 0 Å². The molecule has 1 aliphatic heterocycles. The number of hydrogen-bond donors (Lipinski definition) is 1. The predicted molar refractivity (Wildman–Crippen MR) is 29.6 cm³/mol. The molecule has 1 N–H and O–H groups in total. The Balaban J connectivity index is 0.000000640. The third-order valence-electron chi connectivity index (χ3n) is 1.28. The summed E-state index contributed by atoms with van der Waals surface area (Å²) in [6.07, 6.45) is 0.660. The molecule has 1 nitrogen and oxygen atoms in total. The zero-order valence-electron chi connectivity index (χ0n) is 4.99. The number of halogens is 3. The van der Waals surface area contributed by atoms with Gasteiger partial charge in [0.1, 0.15) is 0 Å². The van der Waals surface area contributed by atoms with E-state index >= 15 is 0 Å². The zero-order valence-corrected chi connectivity index (χ0v) is 4.99. The summed E-state index contributed by atoms with van der Waals surface area (Å²) in [6, 6.07) is 0. The third-order valence-corrected chi connectivity index (χ3v) is 1.28. The molecule has 0 amide bonds. The second-order valence-corrected chi connectivity index (χ2v) is 2.14. The quantitative estimate of drug-likeness (QED) is 0.533. The van der Waals surface area contributed by atoms with Crippen molar-refractivity contribution in [2.45, 2.75) is 18.8 Å². The minimum absolute atomic E-state index is 0. The molecule has 0 radical (unpaired) electrons. The third kappa shape index (κ3) is 2.70. The molecular weight excluding hydrogens is 131 g/mol. The second-order valence-electron chi connectivity index (χ2n) is 2.14. The highest BCUT2D eigenvalue weighted by Crippen LogP contribution is 2.21. The van der Waals surface area contributed by atoms with Crippen LogP contribution in [0.25, 0.3) is 0 Å². The largest absolute Gasteiger partial charge is 0.311 e. The fraction of sp³-hybridized carbons (Fsp3) is 1.00. The lowest BCUT2D eigenvalue weighted by molar-refractivity contribution is -0.0208. The van der Waals surface area contributed by atoms with Crippen molar-refractivity contribution in [3.05, 3.63) is 0 Å². The molecule has 1 fully saturated rings. The maximum absolute atomic E-state index is 12.1. The first-order valence-corrected chi connectivity index (χ1v) is 2.79. The highest BCUT2D eigenvalue weighted by atomic mass is 19.3. The van der Waals surface area contributed by atoms with Gasteiger partial charge < -0.3 is 5.32 Å². The minimum Gasteiger partial charge on any atom is -0.311 e. The van der Waals surface area contributed by atoms with Crippen molar-refractivity contribution in [1.82, 2.24) is 5.32 Å². The van der Waals surface area contributed by atoms with E-state index in [0.29, 0.717) is 6.42 Å². The first-order valence-electron chi connectivity index (χ1n) is 2.79. The highest BCUT2D eigenvalue weighted by Gasteiger charge is 2.30. The fourth-order valence-electron chi connectivity index (χ4n) is 0.832. The van der Waals surface area contributed by atoms with Crippen LogP contribution in [0.15, 0.2) is 0 Å². The van der Waals surface area contributed by atoms with Crippen LogP contribution in [0.2, 0.25) is 0 Å². The van der Waals surface area contributed by atoms with Gasteiger partial charge in [-0.25, -0.2) is 8.78 Å². The van der Waals surface area contributed by atoms with Crippen molar-refractivity contribution in [2.75, 3.05) is 13.1 Å². The van der Waals surface area contributed by atoms with E-state index in [1.54, 1.807) is 0 Å². The van der Waals surface area contributed by atoms with Gasteiger partial charge in [-0.2, -0.15) is 0 Å². The van der Waals surface area contributed by atoms with E-state index in [2.05, 4.69) is 5.32 Å². The summed E-state index contributed by atoms with van der Waals surface area (Å²) < 4.78 is 24.3. The Morgan fingerprint density at radius 1 is 1.33 bits per heavy atom. The van der Waals surface area contributed by atoms with Gasteiger partial charge in [0.2, 0.25) is 0 Å². The van der Waals surface area contributed by atoms with E-state index in [1.807, 2.05) is 0 Å². The number of rotatable bonds is 0. The Kier molecular flexibility index (Phi) is 2.97. The molecule has 0 bridgehead atoms. The van der Waals surface area contributed by atoms with Gasteiger partial charge in [0.25, 0.3) is 5.92 Å². The molecule has 0 spiro atoms. The molecule has 0 aliphatic carbocycles. The Hall–Kier alpha value is -0.250. The van der Waals surface area contributed by atoms with Crippen LogP contribution in [0.5, 0.6) is 0 Å². The van der Waals surface area contributed by atoms with Crippen molar-refractivity contribution >= 4 is 0 Å². The molecule has 0 aromatic carbocycles. The SMILES string of the molecule is F.FC1(F)CCCNC1. The molecule has 0 unspecified atom stereocenters. The summed E-state index contributed by atoms with van der Waals surface area (Å²) >= 11 is 0. The van der Waals surface area contributed by atoms with E-state index in [4.69, 9.17) is 0 Å². The summed E-state index contributed by atoms with van der Waals surface area (Å²) in [4.78, 5) is 0. The predicted octanol–water partition coefficient (Wildman–Crippen LogP) is 1.16. The molecular formula is C5H10F3N. The van der Waals surface area contributed by atoms with Crippen LogP contribution in [0, 0.1) is 0 Å². The lowest BCUT2D eigenvalue weighted by Gasteiger charge is -2.21. The van der Waals surface area contributed by atoms with Crippen molar-refractivity contribution < 1.29 is 13.5 Å². The number of piperidine rings is 1. The molecule has 0 aromatic heterocycles. The normalized spacial score (nSPS) is 24.7. The van der Waals surface area contributed by atoms with Gasteiger partial charge in [0.05, 0.1) is 6.54 Å². The van der Waals surface area contributed by atoms with Crippen molar-refractivity contribution in [3.63, 3.8) is 0 Å². The molecule has 1 rings (SSSR count). The van der Waals surface area contributed by atoms with Crippen LogP contribution in [0.1, 0.15) is 12.8 Å². The number of nitrogens with one attached hydrogen (secondary N) is 1. The highest BCUT2D eigenvalue weighted by molar-refractivity contribution is 4.74. The fourth-order valence-corrected chi connectivity index (χ4v) is 0.832. The minimum atomic E-state index is -2.43. The van der Waals surface area contributed by atoms with Crippen LogP contribution in [-0.4, -0.2) is 19.0 Å². The molecule has 0 atom stereocenters. The van der Waals surface area contributed by atoms with E-state index in [-0.39, 0.29) is 17.7 Å². The second kappa shape index (κ2) is 3.06. The van der Waals surface area contributed by atoms with Crippen LogP contribution in [-0.2, 0) is 0 Å². The molecule has 56 valence electrons. The molecule has 9 heavy (non-hydrogen) atoms. The van der Waals surface area contributed by atoms with Crippen molar-refractivity contribution in [1.29, 1.82) is 0 Å². The van der Waals surface area contributed by atoms with Gasteiger partial charge in [-0.3, -0.25) is 4.70 Å². The van der Waals surface area contributed by atoms with Crippen molar-refractivity contribution in [2.24, 2.45) is 0 Å². The average Bonchev–Trinajstić information content (AvgIpc) is 1.65. The summed E-state index contributed by atoms with van der Waals surface area (Å²) in [5.41, 5.74) is 0. The van der Waals surface area contributed by atoms with Gasteiger partial charge in [-0.15, -0.1) is 0 Å². The Bertz CT molecular complexity index is 76.3. The smallest absolute Gasteiger partial charge is 0.260 e. The average molecular weight is 141 g/mol. The van der Waals surface area contributed by atoms with E-state index < -0.39 is 5.92 Å². The van der Waals surface area contributed by atoms with Gasteiger partial charge in [0, 0.05) is 6.42 Å². The number of alkyl halides is 2. The maximum Gasteiger partial charge on any atom is 0.260 e. The molecule has 1 aliphatic rings. The first-order chi connectivity index (χ1) is 3.71. The van der Waals surface area contributed by atoms with E-state index in [9.17, 15) is 8.78 Å². The Labute approximate surface area is 51.8 Å². The van der Waals surface area contributed by atoms with Crippen LogP contribution in [0.3, 0.4) is 0 Å². The Morgan fingerprint density at radius 2 is 2.00 bits per heavy atom. The van der Waals surface area contributed by atoms with Crippen molar-refractivity contribution in [3.8, 4) is 0 Å². The summed E-state index contributed by atoms with van der Waals surface area (Å²) in [6.45, 7) is 0.614. The molecule has 4 heteroatoms. The van der Waals surface area contributed by atoms with Crippen LogP contribution in [0.4, 0.5) is 13.5 Å². The lowest BCUT2D eigenvalue weighted by atomic mass is 10.1. The van der Waals surface area contributed by atoms with Crippen LogP contribution >= 0.6 is 0 Å². The summed E-state index contributed by atoms with van der Waals surface area (Å²) in [7, 11) is 0. The zero-order chi connectivity index (χ0) is 6.04. The first kappa shape index (κ1) is 8.75. The monoisotopic (exact) mass is 141 g/mol. The lowest BCUT2D eigenvalue weighted by Crippen LogP contribution is -2.38. The van der Waals surface area contributed by atoms with Gasteiger partial charge in [-0.1, -0.05) is 0 Å². The topological polar surface area (TPSA) is 12.0 Å². The van der Waals surface area contributed by atoms with E-state index in [0.717, 1.165) is 6.54 Å². The van der Waals surface area contributed by atoms with Crippen LogP contribution < -0.4 is 5.32 Å². The molecule has 1 heterocycles. The summed E-state index contributed by atoms with van der Waals surface area (Å²) in [5, 5.41) is 2.62. The van der Waals surface area contributed by atoms with E-state index in [1.165, 1.54) is 0 Å². The van der Waals surface area contributed by atoms with Gasteiger partial charge in [-0.05, 0) is 13.0 Å². The maximum atomic E-state index is 12.1. The molecule has 0 saturated carbocycles. The van der Waals surface area contributed by atoms with Gasteiger partial charge in [0.15, 0.2) is 0 Å². The molecule has 0 aromatic rings. The standard InChI is InChI=1S/C5H9F2N.FH/c6-5(7)2-1-3-8-4-5;/h8H,1-4H2;1H. The molecule has 1 saturated heterocycles. The number of hydrogen-bond acceptors (Lipinski definition) is 1.